The lowest BCUT2D eigenvalue weighted by molar-refractivity contribution is 0.559. The largest absolute Gasteiger partial charge is 0.368 e. The summed E-state index contributed by atoms with van der Waals surface area (Å²) in [6, 6.07) is 7.01. The molecule has 0 saturated heterocycles. The number of rotatable bonds is 8. The number of benzene rings is 1. The summed E-state index contributed by atoms with van der Waals surface area (Å²) in [5, 5.41) is 0. The molecule has 102 valence electrons. The first-order valence-electron chi connectivity index (χ1n) is 6.44. The van der Waals surface area contributed by atoms with Crippen LogP contribution in [0.4, 0.5) is 10.1 Å². The molecule has 4 heteroatoms. The fourth-order valence-electron chi connectivity index (χ4n) is 2.15. The molecule has 1 atom stereocenters. The van der Waals surface area contributed by atoms with Crippen LogP contribution in [0.15, 0.2) is 24.3 Å². The van der Waals surface area contributed by atoms with E-state index in [1.54, 1.807) is 0 Å². The number of halogens is 1. The topological polar surface area (TPSA) is 29.3 Å². The van der Waals surface area contributed by atoms with Crippen molar-refractivity contribution in [2.45, 2.75) is 25.8 Å². The Morgan fingerprint density at radius 3 is 2.50 bits per heavy atom. The normalized spacial score (nSPS) is 12.4. The Bertz CT molecular complexity index is 329. The van der Waals surface area contributed by atoms with Crippen molar-refractivity contribution in [3.05, 3.63) is 30.1 Å². The van der Waals surface area contributed by atoms with E-state index in [0.29, 0.717) is 12.6 Å². The van der Waals surface area contributed by atoms with Gasteiger partial charge in [-0.05, 0) is 56.0 Å². The smallest absolute Gasteiger partial charge is 0.123 e. The Morgan fingerprint density at radius 1 is 1.33 bits per heavy atom. The van der Waals surface area contributed by atoms with Gasteiger partial charge in [-0.3, -0.25) is 0 Å². The van der Waals surface area contributed by atoms with Gasteiger partial charge in [0.2, 0.25) is 0 Å². The third-order valence-electron chi connectivity index (χ3n) is 3.10. The zero-order valence-electron chi connectivity index (χ0n) is 11.2. The quantitative estimate of drug-likeness (QED) is 0.736. The average Bonchev–Trinajstić information content (AvgIpc) is 2.40. The molecule has 2 N–H and O–H groups in total. The molecular weight excluding hydrogens is 247 g/mol. The van der Waals surface area contributed by atoms with Crippen molar-refractivity contribution in [2.75, 3.05) is 30.0 Å². The molecule has 0 bridgehead atoms. The van der Waals surface area contributed by atoms with Crippen molar-refractivity contribution < 1.29 is 4.39 Å². The van der Waals surface area contributed by atoms with E-state index in [1.165, 1.54) is 18.6 Å². The van der Waals surface area contributed by atoms with E-state index < -0.39 is 0 Å². The first kappa shape index (κ1) is 15.3. The first-order chi connectivity index (χ1) is 8.72. The average molecular weight is 270 g/mol. The van der Waals surface area contributed by atoms with Gasteiger partial charge in [0.05, 0.1) is 0 Å². The van der Waals surface area contributed by atoms with E-state index >= 15 is 0 Å². The van der Waals surface area contributed by atoms with Crippen LogP contribution >= 0.6 is 11.8 Å². The minimum atomic E-state index is -0.193. The number of thioether (sulfide) groups is 1. The summed E-state index contributed by atoms with van der Waals surface area (Å²) in [6.07, 6.45) is 4.37. The molecule has 1 unspecified atom stereocenters. The van der Waals surface area contributed by atoms with Crippen molar-refractivity contribution >= 4 is 17.4 Å². The van der Waals surface area contributed by atoms with Gasteiger partial charge in [0, 0.05) is 24.8 Å². The first-order valence-corrected chi connectivity index (χ1v) is 7.83. The second kappa shape index (κ2) is 8.38. The molecule has 1 aromatic rings. The van der Waals surface area contributed by atoms with Gasteiger partial charge in [-0.2, -0.15) is 11.8 Å². The fourth-order valence-corrected chi connectivity index (χ4v) is 2.60. The van der Waals surface area contributed by atoms with Crippen LogP contribution in [0.5, 0.6) is 0 Å². The maximum Gasteiger partial charge on any atom is 0.123 e. The Kier molecular flexibility index (Phi) is 7.13. The summed E-state index contributed by atoms with van der Waals surface area (Å²) in [5.74, 6) is 0.971. The summed E-state index contributed by atoms with van der Waals surface area (Å²) < 4.78 is 12.9. The second-order valence-corrected chi connectivity index (χ2v) is 5.27. The minimum absolute atomic E-state index is 0.193. The highest BCUT2D eigenvalue weighted by Crippen LogP contribution is 2.19. The highest BCUT2D eigenvalue weighted by atomic mass is 32.2. The maximum atomic E-state index is 12.9. The van der Waals surface area contributed by atoms with Crippen LogP contribution in [0.3, 0.4) is 0 Å². The molecule has 0 aromatic heterocycles. The molecule has 0 aliphatic heterocycles. The maximum absolute atomic E-state index is 12.9. The predicted octanol–water partition coefficient (Wildman–Crippen LogP) is 3.12. The highest BCUT2D eigenvalue weighted by molar-refractivity contribution is 7.98. The summed E-state index contributed by atoms with van der Waals surface area (Å²) in [7, 11) is 0. The van der Waals surface area contributed by atoms with Crippen LogP contribution < -0.4 is 10.6 Å². The van der Waals surface area contributed by atoms with E-state index in [0.717, 1.165) is 24.4 Å². The van der Waals surface area contributed by atoms with Gasteiger partial charge in [0.1, 0.15) is 5.82 Å². The molecule has 0 heterocycles. The van der Waals surface area contributed by atoms with Crippen molar-refractivity contribution in [1.82, 2.24) is 0 Å². The van der Waals surface area contributed by atoms with E-state index in [-0.39, 0.29) is 5.82 Å². The molecule has 0 aliphatic carbocycles. The van der Waals surface area contributed by atoms with Crippen LogP contribution in [-0.2, 0) is 0 Å². The molecule has 0 amide bonds. The van der Waals surface area contributed by atoms with Crippen molar-refractivity contribution in [3.63, 3.8) is 0 Å². The third kappa shape index (κ3) is 4.50. The van der Waals surface area contributed by atoms with Gasteiger partial charge in [-0.1, -0.05) is 0 Å². The number of hydrogen-bond acceptors (Lipinski definition) is 3. The third-order valence-corrected chi connectivity index (χ3v) is 3.79. The summed E-state index contributed by atoms with van der Waals surface area (Å²) in [5.41, 5.74) is 6.93. The predicted molar refractivity (Wildman–Crippen MR) is 79.9 cm³/mol. The lowest BCUT2D eigenvalue weighted by Crippen LogP contribution is -2.40. The molecule has 0 spiro atoms. The molecule has 0 fully saturated rings. The molecule has 0 aliphatic rings. The van der Waals surface area contributed by atoms with Gasteiger partial charge < -0.3 is 10.6 Å². The Labute approximate surface area is 114 Å². The van der Waals surface area contributed by atoms with Crippen molar-refractivity contribution in [1.29, 1.82) is 0 Å². The Balaban J connectivity index is 2.69. The van der Waals surface area contributed by atoms with Crippen LogP contribution in [0.2, 0.25) is 0 Å². The van der Waals surface area contributed by atoms with E-state index in [2.05, 4.69) is 18.1 Å². The van der Waals surface area contributed by atoms with Crippen LogP contribution in [0.25, 0.3) is 0 Å². The lowest BCUT2D eigenvalue weighted by atomic mass is 10.1. The molecule has 2 nitrogen and oxygen atoms in total. The monoisotopic (exact) mass is 270 g/mol. The lowest BCUT2D eigenvalue weighted by Gasteiger charge is -2.32. The molecule has 1 rings (SSSR count). The summed E-state index contributed by atoms with van der Waals surface area (Å²) >= 11 is 1.86. The number of anilines is 1. The molecule has 18 heavy (non-hydrogen) atoms. The van der Waals surface area contributed by atoms with Crippen molar-refractivity contribution in [3.8, 4) is 0 Å². The molecule has 1 aromatic carbocycles. The number of nitrogens with zero attached hydrogens (tertiary/aromatic N) is 1. The Morgan fingerprint density at radius 2 is 2.00 bits per heavy atom. The number of nitrogens with two attached hydrogens (primary N) is 1. The minimum Gasteiger partial charge on any atom is -0.368 e. The standard InChI is InChI=1S/C14H23FN2S/c1-3-17(13-8-6-12(15)7-9-13)14(11-16)5-4-10-18-2/h6-9,14H,3-5,10-11,16H2,1-2H3. The number of hydrogen-bond donors (Lipinski definition) is 1. The van der Waals surface area contributed by atoms with E-state index in [1.807, 2.05) is 23.9 Å². The molecular formula is C14H23FN2S. The SMILES string of the molecule is CCN(c1ccc(F)cc1)C(CN)CCCSC. The summed E-state index contributed by atoms with van der Waals surface area (Å²) in [4.78, 5) is 2.26. The fraction of sp³-hybridized carbons (Fsp3) is 0.571. The van der Waals surface area contributed by atoms with Crippen molar-refractivity contribution in [2.24, 2.45) is 5.73 Å². The second-order valence-electron chi connectivity index (χ2n) is 4.29. The molecule has 0 saturated carbocycles. The Hall–Kier alpha value is -0.740. The van der Waals surface area contributed by atoms with Gasteiger partial charge >= 0.3 is 0 Å². The van der Waals surface area contributed by atoms with Gasteiger partial charge in [0.25, 0.3) is 0 Å². The van der Waals surface area contributed by atoms with Gasteiger partial charge in [-0.25, -0.2) is 4.39 Å². The zero-order chi connectivity index (χ0) is 13.4. The van der Waals surface area contributed by atoms with Gasteiger partial charge in [0.15, 0.2) is 0 Å². The van der Waals surface area contributed by atoms with Gasteiger partial charge in [-0.15, -0.1) is 0 Å². The number of likely N-dealkylation sites (N-methyl/N-ethyl adjacent to an activating group) is 1. The zero-order valence-corrected chi connectivity index (χ0v) is 12.0. The van der Waals surface area contributed by atoms with Crippen LogP contribution in [0.1, 0.15) is 19.8 Å². The van der Waals surface area contributed by atoms with Crippen LogP contribution in [-0.4, -0.2) is 31.1 Å². The highest BCUT2D eigenvalue weighted by Gasteiger charge is 2.15. The van der Waals surface area contributed by atoms with Crippen LogP contribution in [0, 0.1) is 5.82 Å². The summed E-state index contributed by atoms with van der Waals surface area (Å²) in [6.45, 7) is 3.65. The van der Waals surface area contributed by atoms with E-state index in [4.69, 9.17) is 5.73 Å². The molecule has 0 radical (unpaired) electrons. The van der Waals surface area contributed by atoms with E-state index in [9.17, 15) is 4.39 Å².